The van der Waals surface area contributed by atoms with Crippen LogP contribution in [0.4, 0.5) is 26.3 Å². The van der Waals surface area contributed by atoms with E-state index in [-0.39, 0.29) is 36.5 Å². The van der Waals surface area contributed by atoms with Crippen molar-refractivity contribution in [2.45, 2.75) is 24.8 Å². The lowest BCUT2D eigenvalue weighted by Crippen LogP contribution is -2.54. The number of alkyl halides is 6. The van der Waals surface area contributed by atoms with Crippen LogP contribution in [0.5, 0.6) is 0 Å². The lowest BCUT2D eigenvalue weighted by atomic mass is 10.0. The third kappa shape index (κ3) is 7.16. The summed E-state index contributed by atoms with van der Waals surface area (Å²) >= 11 is 0. The second kappa shape index (κ2) is 11.7. The Morgan fingerprint density at radius 2 is 1.58 bits per heavy atom. The normalized spacial score (nSPS) is 16.2. The van der Waals surface area contributed by atoms with Crippen LogP contribution < -0.4 is 5.73 Å². The zero-order valence-corrected chi connectivity index (χ0v) is 20.4. The van der Waals surface area contributed by atoms with Crippen LogP contribution >= 0.6 is 0 Å². The van der Waals surface area contributed by atoms with E-state index in [4.69, 9.17) is 11.0 Å². The van der Waals surface area contributed by atoms with Crippen LogP contribution in [-0.2, 0) is 23.6 Å². The van der Waals surface area contributed by atoms with Crippen LogP contribution in [0.1, 0.15) is 28.3 Å². The summed E-state index contributed by atoms with van der Waals surface area (Å²) in [5.74, 6) is -0.280. The van der Waals surface area contributed by atoms with E-state index in [1.54, 1.807) is 41.4 Å². The second-order valence-corrected chi connectivity index (χ2v) is 8.83. The lowest BCUT2D eigenvalue weighted by Gasteiger charge is -2.40. The molecular formula is C25H26F6N6O. The zero-order chi connectivity index (χ0) is 28.1. The Morgan fingerprint density at radius 1 is 1.03 bits per heavy atom. The number of nitrogens with two attached hydrogens (primary N) is 1. The van der Waals surface area contributed by atoms with E-state index in [1.165, 1.54) is 11.9 Å². The molecule has 0 saturated carbocycles. The highest BCUT2D eigenvalue weighted by Crippen LogP contribution is 2.36. The van der Waals surface area contributed by atoms with E-state index in [9.17, 15) is 31.1 Å². The molecule has 1 atom stereocenters. The molecule has 1 amide bonds. The number of nitrogens with zero attached hydrogens (tertiary/aromatic N) is 5. The maximum Gasteiger partial charge on any atom is 0.416 e. The standard InChI is InChI=1S/C25H26F6N6O/c1-35(8-7-17-13-19(24(26,27)28)15-20(14-17)25(29,30)31)22(38)21(18-5-3-2-4-6-18)36-9-11-37(12-10-36)23(33)34-16-32/h2-6,13-15,21H,7-12H2,1H3,(H2,33,34). The van der Waals surface area contributed by atoms with Crippen molar-refractivity contribution in [2.24, 2.45) is 10.7 Å². The number of halogens is 6. The number of nitriles is 1. The van der Waals surface area contributed by atoms with Crippen LogP contribution in [0.25, 0.3) is 0 Å². The minimum absolute atomic E-state index is 0.0752. The molecule has 1 saturated heterocycles. The molecule has 38 heavy (non-hydrogen) atoms. The van der Waals surface area contributed by atoms with Crippen LogP contribution in [0.15, 0.2) is 53.5 Å². The number of hydrogen-bond acceptors (Lipinski definition) is 4. The number of amides is 1. The molecular weight excluding hydrogens is 514 g/mol. The molecule has 1 aliphatic heterocycles. The van der Waals surface area contributed by atoms with Gasteiger partial charge in [-0.05, 0) is 35.7 Å². The van der Waals surface area contributed by atoms with Gasteiger partial charge in [-0.1, -0.05) is 30.3 Å². The van der Waals surface area contributed by atoms with Crippen molar-refractivity contribution in [1.29, 1.82) is 5.26 Å². The van der Waals surface area contributed by atoms with Gasteiger partial charge < -0.3 is 15.5 Å². The Kier molecular flexibility index (Phi) is 8.88. The van der Waals surface area contributed by atoms with E-state index < -0.39 is 29.5 Å². The number of carbonyl (C=O) groups is 1. The smallest absolute Gasteiger partial charge is 0.369 e. The summed E-state index contributed by atoms with van der Waals surface area (Å²) < 4.78 is 79.3. The van der Waals surface area contributed by atoms with Crippen molar-refractivity contribution in [3.8, 4) is 6.19 Å². The predicted octanol–water partition coefficient (Wildman–Crippen LogP) is 3.88. The molecule has 0 bridgehead atoms. The molecule has 0 spiro atoms. The van der Waals surface area contributed by atoms with Gasteiger partial charge in [-0.3, -0.25) is 9.69 Å². The van der Waals surface area contributed by atoms with Gasteiger partial charge in [-0.25, -0.2) is 0 Å². The highest BCUT2D eigenvalue weighted by Gasteiger charge is 2.37. The van der Waals surface area contributed by atoms with Crippen LogP contribution in [0.2, 0.25) is 0 Å². The van der Waals surface area contributed by atoms with Gasteiger partial charge >= 0.3 is 12.4 Å². The van der Waals surface area contributed by atoms with Crippen LogP contribution in [0.3, 0.4) is 0 Å². The van der Waals surface area contributed by atoms with Crippen molar-refractivity contribution in [3.63, 3.8) is 0 Å². The van der Waals surface area contributed by atoms with Gasteiger partial charge in [0.25, 0.3) is 0 Å². The summed E-state index contributed by atoms with van der Waals surface area (Å²) in [7, 11) is 1.46. The molecule has 1 aliphatic rings. The Hall–Kier alpha value is -3.79. The first-order valence-corrected chi connectivity index (χ1v) is 11.6. The van der Waals surface area contributed by atoms with Crippen molar-refractivity contribution in [1.82, 2.24) is 14.7 Å². The Bertz CT molecular complexity index is 1150. The first kappa shape index (κ1) is 28.8. The van der Waals surface area contributed by atoms with Crippen LogP contribution in [-0.4, -0.2) is 66.3 Å². The average Bonchev–Trinajstić information content (AvgIpc) is 2.87. The van der Waals surface area contributed by atoms with E-state index in [0.29, 0.717) is 43.9 Å². The number of guanidine groups is 1. The first-order chi connectivity index (χ1) is 17.8. The summed E-state index contributed by atoms with van der Waals surface area (Å²) in [5.41, 5.74) is 3.52. The fourth-order valence-corrected chi connectivity index (χ4v) is 4.26. The number of aliphatic imine (C=N–C) groups is 1. The summed E-state index contributed by atoms with van der Waals surface area (Å²) in [4.78, 5) is 22.0. The molecule has 0 aliphatic carbocycles. The van der Waals surface area contributed by atoms with Gasteiger partial charge in [0.2, 0.25) is 18.1 Å². The molecule has 1 heterocycles. The minimum atomic E-state index is -4.94. The Morgan fingerprint density at radius 3 is 2.08 bits per heavy atom. The third-order valence-electron chi connectivity index (χ3n) is 6.28. The maximum atomic E-state index is 13.6. The van der Waals surface area contributed by atoms with Gasteiger partial charge in [0.05, 0.1) is 11.1 Å². The molecule has 1 fully saturated rings. The summed E-state index contributed by atoms with van der Waals surface area (Å²) in [6.07, 6.45) is -8.46. The highest BCUT2D eigenvalue weighted by atomic mass is 19.4. The summed E-state index contributed by atoms with van der Waals surface area (Å²) in [6.45, 7) is 1.53. The van der Waals surface area contributed by atoms with E-state index >= 15 is 0 Å². The molecule has 13 heteroatoms. The van der Waals surface area contributed by atoms with Gasteiger partial charge in [0, 0.05) is 39.8 Å². The molecule has 7 nitrogen and oxygen atoms in total. The second-order valence-electron chi connectivity index (χ2n) is 8.83. The van der Waals surface area contributed by atoms with Gasteiger partial charge in [-0.2, -0.15) is 31.6 Å². The van der Waals surface area contributed by atoms with Gasteiger partial charge in [0.1, 0.15) is 6.04 Å². The molecule has 2 aromatic rings. The Balaban J connectivity index is 1.79. The van der Waals surface area contributed by atoms with Crippen LogP contribution in [0, 0.1) is 11.5 Å². The van der Waals surface area contributed by atoms with E-state index in [0.717, 1.165) is 0 Å². The van der Waals surface area contributed by atoms with Gasteiger partial charge in [0.15, 0.2) is 0 Å². The molecule has 0 radical (unpaired) electrons. The number of carbonyl (C=O) groups excluding carboxylic acids is 1. The number of piperazine rings is 1. The number of hydrogen-bond donors (Lipinski definition) is 1. The molecule has 1 unspecified atom stereocenters. The highest BCUT2D eigenvalue weighted by molar-refractivity contribution is 5.83. The van der Waals surface area contributed by atoms with Gasteiger partial charge in [-0.15, -0.1) is 4.99 Å². The van der Waals surface area contributed by atoms with E-state index in [2.05, 4.69) is 4.99 Å². The number of likely N-dealkylation sites (N-methyl/N-ethyl adjacent to an activating group) is 1. The van der Waals surface area contributed by atoms with Crippen molar-refractivity contribution in [3.05, 3.63) is 70.8 Å². The first-order valence-electron chi connectivity index (χ1n) is 11.6. The molecule has 2 N–H and O–H groups in total. The maximum absolute atomic E-state index is 13.6. The number of benzene rings is 2. The fraction of sp³-hybridized carbons (Fsp3) is 0.400. The summed E-state index contributed by atoms with van der Waals surface area (Å²) in [6, 6.07) is 9.58. The van der Waals surface area contributed by atoms with E-state index in [1.807, 2.05) is 4.90 Å². The van der Waals surface area contributed by atoms with Crippen molar-refractivity contribution in [2.75, 3.05) is 39.8 Å². The van der Waals surface area contributed by atoms with Crippen molar-refractivity contribution >= 4 is 11.9 Å². The zero-order valence-electron chi connectivity index (χ0n) is 20.4. The molecule has 204 valence electrons. The number of rotatable bonds is 6. The largest absolute Gasteiger partial charge is 0.416 e. The minimum Gasteiger partial charge on any atom is -0.369 e. The fourth-order valence-electron chi connectivity index (χ4n) is 4.26. The Labute approximate surface area is 215 Å². The molecule has 2 aromatic carbocycles. The lowest BCUT2D eigenvalue weighted by molar-refractivity contribution is -0.143. The SMILES string of the molecule is CN(CCc1cc(C(F)(F)F)cc(C(F)(F)F)c1)C(=O)C(c1ccccc1)N1CCN(C(N)=NC#N)CC1. The average molecular weight is 541 g/mol. The predicted molar refractivity (Wildman–Crippen MR) is 127 cm³/mol. The molecule has 0 aromatic heterocycles. The topological polar surface area (TPSA) is 89.0 Å². The van der Waals surface area contributed by atoms with Crippen molar-refractivity contribution < 1.29 is 31.1 Å². The summed E-state index contributed by atoms with van der Waals surface area (Å²) in [5, 5.41) is 8.72. The quantitative estimate of drug-likeness (QED) is 0.260. The molecule has 3 rings (SSSR count). The monoisotopic (exact) mass is 540 g/mol. The third-order valence-corrected chi connectivity index (χ3v) is 6.28.